The zero-order valence-corrected chi connectivity index (χ0v) is 17.3. The smallest absolute Gasteiger partial charge is 0.312 e. The summed E-state index contributed by atoms with van der Waals surface area (Å²) in [7, 11) is 1.45. The zero-order valence-electron chi connectivity index (χ0n) is 17.3. The molecule has 1 amide bonds. The van der Waals surface area contributed by atoms with Crippen LogP contribution in [0.1, 0.15) is 42.5 Å². The highest BCUT2D eigenvalue weighted by Crippen LogP contribution is 2.43. The number of nitrogens with zero attached hydrogens (tertiary/aromatic N) is 2. The van der Waals surface area contributed by atoms with Crippen molar-refractivity contribution in [3.63, 3.8) is 0 Å². The molecule has 0 aliphatic carbocycles. The maximum absolute atomic E-state index is 13.7. The van der Waals surface area contributed by atoms with Gasteiger partial charge in [-0.1, -0.05) is 0 Å². The monoisotopic (exact) mass is 420 g/mol. The topological polar surface area (TPSA) is 79.3 Å². The Kier molecular flexibility index (Phi) is 5.97. The highest BCUT2D eigenvalue weighted by atomic mass is 19.1. The molecule has 0 aromatic heterocycles. The first-order valence-electron chi connectivity index (χ1n) is 10.6. The van der Waals surface area contributed by atoms with Crippen LogP contribution < -0.4 is 4.74 Å². The van der Waals surface area contributed by atoms with Crippen molar-refractivity contribution in [2.24, 2.45) is 5.41 Å². The molecule has 1 N–H and O–H groups in total. The van der Waals surface area contributed by atoms with Crippen molar-refractivity contribution in [2.45, 2.75) is 44.3 Å². The number of ether oxygens (including phenoxy) is 2. The van der Waals surface area contributed by atoms with E-state index >= 15 is 0 Å². The maximum atomic E-state index is 13.7. The van der Waals surface area contributed by atoms with E-state index in [4.69, 9.17) is 9.47 Å². The standard InChI is InChI=1S/C22H29FN2O5/c1-29-19-3-2-15(23)12-18(19)20(27)25-10-6-22(7-11-25)13-17(30-21(22)28)14-24-8-4-16(26)5-9-24/h2-3,12,16-17,26H,4-11,13-14H2,1H3. The lowest BCUT2D eigenvalue weighted by atomic mass is 9.76. The van der Waals surface area contributed by atoms with Gasteiger partial charge in [0, 0.05) is 39.1 Å². The van der Waals surface area contributed by atoms with Gasteiger partial charge in [-0.05, 0) is 43.9 Å². The van der Waals surface area contributed by atoms with E-state index in [1.54, 1.807) is 4.90 Å². The van der Waals surface area contributed by atoms with Gasteiger partial charge in [-0.2, -0.15) is 0 Å². The fourth-order valence-electron chi connectivity index (χ4n) is 4.89. The molecule has 3 aliphatic heterocycles. The number of cyclic esters (lactones) is 1. The van der Waals surface area contributed by atoms with E-state index in [9.17, 15) is 19.1 Å². The molecule has 3 saturated heterocycles. The number of halogens is 1. The number of hydrogen-bond acceptors (Lipinski definition) is 6. The van der Waals surface area contributed by atoms with Crippen molar-refractivity contribution in [1.29, 1.82) is 0 Å². The molecular formula is C22H29FN2O5. The van der Waals surface area contributed by atoms with E-state index in [1.165, 1.54) is 25.3 Å². The molecule has 0 bridgehead atoms. The van der Waals surface area contributed by atoms with Gasteiger partial charge in [0.2, 0.25) is 0 Å². The van der Waals surface area contributed by atoms with Gasteiger partial charge in [0.15, 0.2) is 0 Å². The maximum Gasteiger partial charge on any atom is 0.312 e. The number of likely N-dealkylation sites (tertiary alicyclic amines) is 2. The summed E-state index contributed by atoms with van der Waals surface area (Å²) in [5.74, 6) is -0.593. The first kappa shape index (κ1) is 21.1. The van der Waals surface area contributed by atoms with Crippen LogP contribution in [0.25, 0.3) is 0 Å². The van der Waals surface area contributed by atoms with Crippen LogP contribution in [-0.4, -0.2) is 78.8 Å². The lowest BCUT2D eigenvalue weighted by molar-refractivity contribution is -0.151. The summed E-state index contributed by atoms with van der Waals surface area (Å²) in [6.45, 7) is 3.19. The second-order valence-electron chi connectivity index (χ2n) is 8.68. The summed E-state index contributed by atoms with van der Waals surface area (Å²) in [6, 6.07) is 3.91. The summed E-state index contributed by atoms with van der Waals surface area (Å²) in [5.41, 5.74) is -0.337. The van der Waals surface area contributed by atoms with E-state index in [0.29, 0.717) is 44.6 Å². The number of piperidine rings is 2. The van der Waals surface area contributed by atoms with Crippen molar-refractivity contribution >= 4 is 11.9 Å². The van der Waals surface area contributed by atoms with Crippen LogP contribution in [0.4, 0.5) is 4.39 Å². The first-order chi connectivity index (χ1) is 14.4. The summed E-state index contributed by atoms with van der Waals surface area (Å²) < 4.78 is 24.6. The van der Waals surface area contributed by atoms with Gasteiger partial charge >= 0.3 is 5.97 Å². The molecule has 8 heteroatoms. The van der Waals surface area contributed by atoms with E-state index in [-0.39, 0.29) is 29.6 Å². The Bertz CT molecular complexity index is 801. The number of amides is 1. The van der Waals surface area contributed by atoms with Crippen LogP contribution in [0.5, 0.6) is 5.75 Å². The third-order valence-electron chi connectivity index (χ3n) is 6.74. The van der Waals surface area contributed by atoms with Crippen LogP contribution in [-0.2, 0) is 9.53 Å². The lowest BCUT2D eigenvalue weighted by Crippen LogP contribution is -2.45. The van der Waals surface area contributed by atoms with Gasteiger partial charge in [-0.15, -0.1) is 0 Å². The summed E-state index contributed by atoms with van der Waals surface area (Å²) in [6.07, 6.45) is 2.90. The highest BCUT2D eigenvalue weighted by molar-refractivity contribution is 5.97. The van der Waals surface area contributed by atoms with Gasteiger partial charge in [-0.25, -0.2) is 4.39 Å². The highest BCUT2D eigenvalue weighted by Gasteiger charge is 2.51. The predicted octanol–water partition coefficient (Wildman–Crippen LogP) is 1.83. The minimum atomic E-state index is -0.539. The van der Waals surface area contributed by atoms with Crippen molar-refractivity contribution < 1.29 is 28.6 Å². The number of carbonyl (C=O) groups excluding carboxylic acids is 2. The average molecular weight is 420 g/mol. The van der Waals surface area contributed by atoms with E-state index in [2.05, 4.69) is 4.90 Å². The normalized spacial score (nSPS) is 24.8. The number of methoxy groups -OCH3 is 1. The Labute approximate surface area is 175 Å². The molecule has 1 aromatic carbocycles. The molecule has 7 nitrogen and oxygen atoms in total. The molecule has 3 aliphatic rings. The van der Waals surface area contributed by atoms with Crippen LogP contribution >= 0.6 is 0 Å². The quantitative estimate of drug-likeness (QED) is 0.749. The minimum absolute atomic E-state index is 0.140. The number of aliphatic hydroxyl groups is 1. The van der Waals surface area contributed by atoms with Crippen LogP contribution in [0.3, 0.4) is 0 Å². The molecule has 1 unspecified atom stereocenters. The third-order valence-corrected chi connectivity index (χ3v) is 6.74. The Morgan fingerprint density at radius 3 is 2.63 bits per heavy atom. The van der Waals surface area contributed by atoms with Crippen LogP contribution in [0, 0.1) is 11.2 Å². The predicted molar refractivity (Wildman–Crippen MR) is 107 cm³/mol. The largest absolute Gasteiger partial charge is 0.496 e. The lowest BCUT2D eigenvalue weighted by Gasteiger charge is -2.37. The molecule has 3 fully saturated rings. The zero-order chi connectivity index (χ0) is 21.3. The van der Waals surface area contributed by atoms with E-state index in [1.807, 2.05) is 0 Å². The molecular weight excluding hydrogens is 391 g/mol. The summed E-state index contributed by atoms with van der Waals surface area (Å²) in [5, 5.41) is 9.66. The molecule has 1 atom stereocenters. The second-order valence-corrected chi connectivity index (χ2v) is 8.68. The Hall–Kier alpha value is -2.19. The fraction of sp³-hybridized carbons (Fsp3) is 0.636. The van der Waals surface area contributed by atoms with E-state index in [0.717, 1.165) is 25.9 Å². The molecule has 0 saturated carbocycles. The average Bonchev–Trinajstić information content (AvgIpc) is 3.04. The van der Waals surface area contributed by atoms with Crippen molar-refractivity contribution in [1.82, 2.24) is 9.80 Å². The minimum Gasteiger partial charge on any atom is -0.496 e. The molecule has 1 aromatic rings. The molecule has 3 heterocycles. The van der Waals surface area contributed by atoms with Gasteiger partial charge < -0.3 is 19.5 Å². The molecule has 1 spiro atoms. The summed E-state index contributed by atoms with van der Waals surface area (Å²) >= 11 is 0. The number of hydrogen-bond donors (Lipinski definition) is 1. The molecule has 30 heavy (non-hydrogen) atoms. The van der Waals surface area contributed by atoms with Crippen molar-refractivity contribution in [3.05, 3.63) is 29.6 Å². The number of rotatable bonds is 4. The first-order valence-corrected chi connectivity index (χ1v) is 10.6. The van der Waals surface area contributed by atoms with Gasteiger partial charge in [0.1, 0.15) is 17.7 Å². The van der Waals surface area contributed by atoms with E-state index < -0.39 is 11.2 Å². The van der Waals surface area contributed by atoms with Crippen molar-refractivity contribution in [2.75, 3.05) is 39.8 Å². The number of benzene rings is 1. The Balaban J connectivity index is 1.36. The summed E-state index contributed by atoms with van der Waals surface area (Å²) in [4.78, 5) is 29.5. The van der Waals surface area contributed by atoms with Crippen LogP contribution in [0.15, 0.2) is 18.2 Å². The van der Waals surface area contributed by atoms with Gasteiger partial charge in [-0.3, -0.25) is 14.5 Å². The molecule has 164 valence electrons. The van der Waals surface area contributed by atoms with Gasteiger partial charge in [0.05, 0.1) is 24.2 Å². The fourth-order valence-corrected chi connectivity index (χ4v) is 4.89. The Morgan fingerprint density at radius 2 is 1.97 bits per heavy atom. The number of esters is 1. The number of aliphatic hydroxyl groups excluding tert-OH is 1. The Morgan fingerprint density at radius 1 is 1.27 bits per heavy atom. The van der Waals surface area contributed by atoms with Crippen molar-refractivity contribution in [3.8, 4) is 5.75 Å². The molecule has 4 rings (SSSR count). The van der Waals surface area contributed by atoms with Gasteiger partial charge in [0.25, 0.3) is 5.91 Å². The van der Waals surface area contributed by atoms with Crippen LogP contribution in [0.2, 0.25) is 0 Å². The number of carbonyl (C=O) groups is 2. The molecule has 0 radical (unpaired) electrons. The third kappa shape index (κ3) is 4.16. The SMILES string of the molecule is COc1ccc(F)cc1C(=O)N1CCC2(CC1)CC(CN1CCC(O)CC1)OC2=O. The second kappa shape index (κ2) is 8.51.